The van der Waals surface area contributed by atoms with E-state index < -0.39 is 11.6 Å². The van der Waals surface area contributed by atoms with E-state index in [2.05, 4.69) is 5.32 Å². The van der Waals surface area contributed by atoms with Gasteiger partial charge in [-0.1, -0.05) is 50.3 Å². The number of likely N-dealkylation sites (N-methyl/N-ethyl adjacent to an activating group) is 1. The van der Waals surface area contributed by atoms with Gasteiger partial charge >= 0.3 is 0 Å². The molecule has 2 atom stereocenters. The molecule has 2 unspecified atom stereocenters. The van der Waals surface area contributed by atoms with E-state index in [0.717, 1.165) is 17.7 Å². The SMILES string of the molecule is CNC(C(=O)N1CC(c2cc(F)ccc2F)=CC1c1ccccc1)C(C)C. The van der Waals surface area contributed by atoms with E-state index in [-0.39, 0.29) is 36.0 Å². The smallest absolute Gasteiger partial charge is 0.241 e. The summed E-state index contributed by atoms with van der Waals surface area (Å²) in [5, 5.41) is 3.08. The van der Waals surface area contributed by atoms with Crippen LogP contribution >= 0.6 is 0 Å². The largest absolute Gasteiger partial charge is 0.326 e. The molecule has 5 heteroatoms. The van der Waals surface area contributed by atoms with Gasteiger partial charge in [-0.3, -0.25) is 4.79 Å². The lowest BCUT2D eigenvalue weighted by molar-refractivity contribution is -0.134. The fraction of sp³-hybridized carbons (Fsp3) is 0.318. The maximum atomic E-state index is 14.3. The molecule has 142 valence electrons. The minimum absolute atomic E-state index is 0.0515. The van der Waals surface area contributed by atoms with E-state index in [9.17, 15) is 13.6 Å². The predicted molar refractivity (Wildman–Crippen MR) is 103 cm³/mol. The van der Waals surface area contributed by atoms with E-state index in [4.69, 9.17) is 0 Å². The van der Waals surface area contributed by atoms with Gasteiger partial charge in [-0.2, -0.15) is 0 Å². The van der Waals surface area contributed by atoms with Crippen LogP contribution in [0.2, 0.25) is 0 Å². The Kier molecular flexibility index (Phi) is 5.71. The van der Waals surface area contributed by atoms with Crippen LogP contribution in [0.25, 0.3) is 5.57 Å². The number of amides is 1. The topological polar surface area (TPSA) is 32.3 Å². The quantitative estimate of drug-likeness (QED) is 0.857. The maximum absolute atomic E-state index is 14.3. The van der Waals surface area contributed by atoms with Crippen molar-refractivity contribution in [1.29, 1.82) is 0 Å². The van der Waals surface area contributed by atoms with Gasteiger partial charge in [0.15, 0.2) is 0 Å². The maximum Gasteiger partial charge on any atom is 0.241 e. The summed E-state index contributed by atoms with van der Waals surface area (Å²) in [6.07, 6.45) is 1.86. The molecular formula is C22H24F2N2O. The number of benzene rings is 2. The molecule has 1 aliphatic heterocycles. The van der Waals surface area contributed by atoms with Crippen molar-refractivity contribution < 1.29 is 13.6 Å². The van der Waals surface area contributed by atoms with Crippen LogP contribution in [0.15, 0.2) is 54.6 Å². The minimum atomic E-state index is -0.497. The van der Waals surface area contributed by atoms with Gasteiger partial charge in [-0.25, -0.2) is 8.78 Å². The van der Waals surface area contributed by atoms with Crippen molar-refractivity contribution in [1.82, 2.24) is 10.2 Å². The molecule has 0 spiro atoms. The van der Waals surface area contributed by atoms with Crippen molar-refractivity contribution >= 4 is 11.5 Å². The Morgan fingerprint density at radius 2 is 1.85 bits per heavy atom. The average molecular weight is 370 g/mol. The lowest BCUT2D eigenvalue weighted by Crippen LogP contribution is -2.48. The fourth-order valence-electron chi connectivity index (χ4n) is 3.60. The van der Waals surface area contributed by atoms with Crippen molar-refractivity contribution in [3.05, 3.63) is 77.4 Å². The highest BCUT2D eigenvalue weighted by molar-refractivity contribution is 5.87. The number of nitrogens with one attached hydrogen (secondary N) is 1. The Bertz CT molecular complexity index is 849. The normalized spacial score (nSPS) is 17.9. The minimum Gasteiger partial charge on any atom is -0.326 e. The number of carbonyl (C=O) groups is 1. The van der Waals surface area contributed by atoms with Crippen LogP contribution in [0, 0.1) is 17.6 Å². The lowest BCUT2D eigenvalue weighted by atomic mass is 10.0. The molecule has 0 saturated carbocycles. The second-order valence-electron chi connectivity index (χ2n) is 7.15. The van der Waals surface area contributed by atoms with Gasteiger partial charge in [0.1, 0.15) is 11.6 Å². The summed E-state index contributed by atoms with van der Waals surface area (Å²) in [5.41, 5.74) is 1.76. The summed E-state index contributed by atoms with van der Waals surface area (Å²) in [6, 6.07) is 12.4. The number of nitrogens with zero attached hydrogens (tertiary/aromatic N) is 1. The molecule has 0 saturated heterocycles. The van der Waals surface area contributed by atoms with Crippen LogP contribution in [0.1, 0.15) is 31.0 Å². The molecule has 1 amide bonds. The third kappa shape index (κ3) is 3.93. The molecule has 27 heavy (non-hydrogen) atoms. The Morgan fingerprint density at radius 1 is 1.15 bits per heavy atom. The standard InChI is InChI=1S/C22H24F2N2O/c1-14(2)21(25-3)22(27)26-13-16(18-12-17(23)9-10-19(18)24)11-20(26)15-7-5-4-6-8-15/h4-12,14,20-21,25H,13H2,1-3H3. The van der Waals surface area contributed by atoms with E-state index in [0.29, 0.717) is 5.57 Å². The van der Waals surface area contributed by atoms with Crippen LogP contribution in [0.4, 0.5) is 8.78 Å². The van der Waals surface area contributed by atoms with Crippen LogP contribution in [-0.4, -0.2) is 30.4 Å². The Balaban J connectivity index is 2.01. The van der Waals surface area contributed by atoms with E-state index in [1.54, 1.807) is 11.9 Å². The van der Waals surface area contributed by atoms with Gasteiger partial charge in [0, 0.05) is 12.1 Å². The molecule has 1 N–H and O–H groups in total. The third-order valence-corrected chi connectivity index (χ3v) is 4.98. The summed E-state index contributed by atoms with van der Waals surface area (Å²) in [4.78, 5) is 14.9. The van der Waals surface area contributed by atoms with Gasteiger partial charge < -0.3 is 10.2 Å². The number of hydrogen-bond donors (Lipinski definition) is 1. The van der Waals surface area contributed by atoms with Gasteiger partial charge in [0.05, 0.1) is 12.1 Å². The highest BCUT2D eigenvalue weighted by atomic mass is 19.1. The molecule has 3 nitrogen and oxygen atoms in total. The van der Waals surface area contributed by atoms with Crippen molar-refractivity contribution in [3.8, 4) is 0 Å². The molecule has 0 aliphatic carbocycles. The van der Waals surface area contributed by atoms with Crippen molar-refractivity contribution in [2.75, 3.05) is 13.6 Å². The van der Waals surface area contributed by atoms with Crippen LogP contribution in [-0.2, 0) is 4.79 Å². The van der Waals surface area contributed by atoms with E-state index in [1.165, 1.54) is 6.07 Å². The first kappa shape index (κ1) is 19.2. The molecule has 0 aromatic heterocycles. The molecule has 0 bridgehead atoms. The van der Waals surface area contributed by atoms with Crippen LogP contribution in [0.5, 0.6) is 0 Å². The Hall–Kier alpha value is -2.53. The summed E-state index contributed by atoms with van der Waals surface area (Å²) >= 11 is 0. The van der Waals surface area contributed by atoms with E-state index in [1.807, 2.05) is 50.3 Å². The molecular weight excluding hydrogens is 346 g/mol. The Morgan fingerprint density at radius 3 is 2.48 bits per heavy atom. The van der Waals surface area contributed by atoms with Gasteiger partial charge in [-0.15, -0.1) is 0 Å². The second-order valence-corrected chi connectivity index (χ2v) is 7.15. The summed E-state index contributed by atoms with van der Waals surface area (Å²) in [5.74, 6) is -0.931. The lowest BCUT2D eigenvalue weighted by Gasteiger charge is -2.31. The van der Waals surface area contributed by atoms with Crippen LogP contribution < -0.4 is 5.32 Å². The second kappa shape index (κ2) is 8.01. The zero-order chi connectivity index (χ0) is 19.6. The summed E-state index contributed by atoms with van der Waals surface area (Å²) in [7, 11) is 1.76. The average Bonchev–Trinajstić information content (AvgIpc) is 3.10. The summed E-state index contributed by atoms with van der Waals surface area (Å²) in [6.45, 7) is 4.20. The molecule has 0 fully saturated rings. The van der Waals surface area contributed by atoms with E-state index >= 15 is 0 Å². The fourth-order valence-corrected chi connectivity index (χ4v) is 3.60. The predicted octanol–water partition coefficient (Wildman–Crippen LogP) is 4.18. The van der Waals surface area contributed by atoms with Crippen molar-refractivity contribution in [2.24, 2.45) is 5.92 Å². The summed E-state index contributed by atoms with van der Waals surface area (Å²) < 4.78 is 28.0. The monoisotopic (exact) mass is 370 g/mol. The van der Waals surface area contributed by atoms with Crippen molar-refractivity contribution in [2.45, 2.75) is 25.9 Å². The number of halogens is 2. The molecule has 2 aromatic rings. The first-order chi connectivity index (χ1) is 12.9. The van der Waals surface area contributed by atoms with Crippen molar-refractivity contribution in [3.63, 3.8) is 0 Å². The van der Waals surface area contributed by atoms with Gasteiger partial charge in [0.2, 0.25) is 5.91 Å². The highest BCUT2D eigenvalue weighted by Gasteiger charge is 2.35. The van der Waals surface area contributed by atoms with Gasteiger partial charge in [0.25, 0.3) is 0 Å². The van der Waals surface area contributed by atoms with Gasteiger partial charge in [-0.05, 0) is 42.3 Å². The van der Waals surface area contributed by atoms with Crippen LogP contribution in [0.3, 0.4) is 0 Å². The first-order valence-corrected chi connectivity index (χ1v) is 9.11. The number of rotatable bonds is 5. The molecule has 1 aliphatic rings. The molecule has 1 heterocycles. The molecule has 2 aromatic carbocycles. The molecule has 3 rings (SSSR count). The highest BCUT2D eigenvalue weighted by Crippen LogP contribution is 2.36. The Labute approximate surface area is 158 Å². The number of carbonyl (C=O) groups excluding carboxylic acids is 1. The zero-order valence-electron chi connectivity index (χ0n) is 15.7. The third-order valence-electron chi connectivity index (χ3n) is 4.98. The molecule has 0 radical (unpaired) electrons. The number of hydrogen-bond acceptors (Lipinski definition) is 2. The first-order valence-electron chi connectivity index (χ1n) is 9.11. The zero-order valence-corrected chi connectivity index (χ0v) is 15.7.